The minimum atomic E-state index is -1.08. The molecular formula is C21H24FN5O. The quantitative estimate of drug-likeness (QED) is 0.881. The number of hydrogen-bond acceptors (Lipinski definition) is 5. The largest absolute Gasteiger partial charge is 0.381 e. The van der Waals surface area contributed by atoms with Crippen LogP contribution in [0.2, 0.25) is 0 Å². The average Bonchev–Trinajstić information content (AvgIpc) is 3.10. The van der Waals surface area contributed by atoms with Gasteiger partial charge in [-0.1, -0.05) is 18.2 Å². The topological polar surface area (TPSA) is 72.3 Å². The summed E-state index contributed by atoms with van der Waals surface area (Å²) in [6.07, 6.45) is 2.76. The fourth-order valence-corrected chi connectivity index (χ4v) is 4.09. The number of likely N-dealkylation sites (tertiary alicyclic amines) is 2. The van der Waals surface area contributed by atoms with E-state index in [1.165, 1.54) is 4.90 Å². The van der Waals surface area contributed by atoms with Crippen LogP contribution in [0.3, 0.4) is 0 Å². The predicted octanol–water partition coefficient (Wildman–Crippen LogP) is 2.57. The van der Waals surface area contributed by atoms with Crippen LogP contribution in [-0.4, -0.2) is 65.1 Å². The number of carbonyl (C=O) groups is 1. The molecule has 2 saturated heterocycles. The Morgan fingerprint density at radius 1 is 1.32 bits per heavy atom. The maximum atomic E-state index is 13.5. The van der Waals surface area contributed by atoms with E-state index >= 15 is 0 Å². The summed E-state index contributed by atoms with van der Waals surface area (Å²) in [4.78, 5) is 20.4. The van der Waals surface area contributed by atoms with Crippen molar-refractivity contribution in [2.45, 2.75) is 37.5 Å². The zero-order valence-electron chi connectivity index (χ0n) is 15.7. The molecule has 0 aliphatic carbocycles. The Morgan fingerprint density at radius 2 is 2.11 bits per heavy atom. The van der Waals surface area contributed by atoms with E-state index in [1.807, 2.05) is 30.5 Å². The molecular weight excluding hydrogens is 357 g/mol. The van der Waals surface area contributed by atoms with Crippen LogP contribution in [0, 0.1) is 11.3 Å². The number of halogens is 1. The van der Waals surface area contributed by atoms with Crippen molar-refractivity contribution in [2.75, 3.05) is 31.5 Å². The zero-order valence-corrected chi connectivity index (χ0v) is 15.7. The van der Waals surface area contributed by atoms with Gasteiger partial charge >= 0.3 is 0 Å². The van der Waals surface area contributed by atoms with E-state index in [-0.39, 0.29) is 25.4 Å². The number of alkyl halides is 1. The summed E-state index contributed by atoms with van der Waals surface area (Å²) >= 11 is 0. The Hall–Kier alpha value is -2.72. The number of aromatic nitrogens is 1. The van der Waals surface area contributed by atoms with Crippen LogP contribution in [0.5, 0.6) is 0 Å². The minimum Gasteiger partial charge on any atom is -0.381 e. The lowest BCUT2D eigenvalue weighted by atomic mass is 10.0. The molecule has 2 aliphatic rings. The first-order valence-electron chi connectivity index (χ1n) is 9.79. The first-order chi connectivity index (χ1) is 13.6. The molecule has 2 atom stereocenters. The number of nitrogens with one attached hydrogen (secondary N) is 1. The van der Waals surface area contributed by atoms with Gasteiger partial charge < -0.3 is 10.2 Å². The van der Waals surface area contributed by atoms with Gasteiger partial charge in [-0.05, 0) is 25.0 Å². The van der Waals surface area contributed by atoms with Gasteiger partial charge in [0.25, 0.3) is 0 Å². The number of para-hydroxylation sites is 1. The van der Waals surface area contributed by atoms with E-state index in [4.69, 9.17) is 5.26 Å². The van der Waals surface area contributed by atoms with Gasteiger partial charge in [-0.2, -0.15) is 5.26 Å². The lowest BCUT2D eigenvalue weighted by molar-refractivity contribution is -0.132. The Balaban J connectivity index is 1.28. The van der Waals surface area contributed by atoms with E-state index in [0.29, 0.717) is 6.04 Å². The number of pyridine rings is 1. The molecule has 1 N–H and O–H groups in total. The van der Waals surface area contributed by atoms with Crippen LogP contribution in [0.25, 0.3) is 10.9 Å². The number of hydrogen-bond donors (Lipinski definition) is 1. The van der Waals surface area contributed by atoms with Crippen molar-refractivity contribution in [3.8, 4) is 6.07 Å². The number of rotatable bonds is 4. The fourth-order valence-electron chi connectivity index (χ4n) is 4.09. The molecule has 28 heavy (non-hydrogen) atoms. The molecule has 0 bridgehead atoms. The molecule has 0 spiro atoms. The Morgan fingerprint density at radius 3 is 2.89 bits per heavy atom. The summed E-state index contributed by atoms with van der Waals surface area (Å²) in [5.74, 6) is -0.142. The van der Waals surface area contributed by atoms with Crippen LogP contribution >= 0.6 is 0 Å². The number of nitriles is 1. The maximum Gasteiger partial charge on any atom is 0.237 e. The van der Waals surface area contributed by atoms with Crippen LogP contribution in [0.15, 0.2) is 36.5 Å². The van der Waals surface area contributed by atoms with Crippen LogP contribution in [0.1, 0.15) is 19.3 Å². The van der Waals surface area contributed by atoms with Crippen LogP contribution in [-0.2, 0) is 4.79 Å². The molecule has 0 saturated carbocycles. The molecule has 2 fully saturated rings. The first-order valence-corrected chi connectivity index (χ1v) is 9.79. The van der Waals surface area contributed by atoms with E-state index in [1.54, 1.807) is 0 Å². The summed E-state index contributed by atoms with van der Waals surface area (Å²) < 4.78 is 13.5. The summed E-state index contributed by atoms with van der Waals surface area (Å²) in [5.41, 5.74) is 1.99. The predicted molar refractivity (Wildman–Crippen MR) is 105 cm³/mol. The van der Waals surface area contributed by atoms with Gasteiger partial charge in [0.1, 0.15) is 12.2 Å². The van der Waals surface area contributed by atoms with Crippen molar-refractivity contribution in [1.82, 2.24) is 14.8 Å². The van der Waals surface area contributed by atoms with Gasteiger partial charge in [-0.3, -0.25) is 14.7 Å². The first kappa shape index (κ1) is 18.6. The third-order valence-electron chi connectivity index (χ3n) is 5.63. The smallest absolute Gasteiger partial charge is 0.237 e. The molecule has 1 aromatic carbocycles. The van der Waals surface area contributed by atoms with Crippen molar-refractivity contribution in [3.63, 3.8) is 0 Å². The number of carbonyl (C=O) groups excluding carboxylic acids is 1. The monoisotopic (exact) mass is 381 g/mol. The van der Waals surface area contributed by atoms with Crippen molar-refractivity contribution >= 4 is 22.5 Å². The van der Waals surface area contributed by atoms with Crippen molar-refractivity contribution in [1.29, 1.82) is 5.26 Å². The highest BCUT2D eigenvalue weighted by Gasteiger charge is 2.36. The van der Waals surface area contributed by atoms with Crippen molar-refractivity contribution < 1.29 is 9.18 Å². The lowest BCUT2D eigenvalue weighted by Crippen LogP contribution is -2.46. The molecule has 2 aromatic rings. The molecule has 7 heteroatoms. The number of anilines is 1. The molecule has 6 nitrogen and oxygen atoms in total. The molecule has 1 aromatic heterocycles. The molecule has 146 valence electrons. The fraction of sp³-hybridized carbons (Fsp3) is 0.476. The third-order valence-corrected chi connectivity index (χ3v) is 5.63. The summed E-state index contributed by atoms with van der Waals surface area (Å²) in [6.45, 7) is 1.91. The maximum absolute atomic E-state index is 13.5. The summed E-state index contributed by atoms with van der Waals surface area (Å²) in [5, 5.41) is 13.8. The van der Waals surface area contributed by atoms with Crippen molar-refractivity contribution in [3.05, 3.63) is 36.5 Å². The summed E-state index contributed by atoms with van der Waals surface area (Å²) in [7, 11) is 0. The normalized spacial score (nSPS) is 23.6. The van der Waals surface area contributed by atoms with Crippen LogP contribution < -0.4 is 5.32 Å². The Kier molecular flexibility index (Phi) is 5.40. The molecule has 1 amide bonds. The molecule has 4 rings (SSSR count). The Bertz CT molecular complexity index is 890. The second-order valence-electron chi connectivity index (χ2n) is 7.64. The van der Waals surface area contributed by atoms with Crippen LogP contribution in [0.4, 0.5) is 10.1 Å². The number of fused-ring (bicyclic) bond motifs is 1. The average molecular weight is 381 g/mol. The van der Waals surface area contributed by atoms with E-state index in [0.717, 1.165) is 42.5 Å². The highest BCUT2D eigenvalue weighted by Crippen LogP contribution is 2.22. The summed E-state index contributed by atoms with van der Waals surface area (Å²) in [6, 6.07) is 11.9. The number of amides is 1. The van der Waals surface area contributed by atoms with Gasteiger partial charge in [0, 0.05) is 30.9 Å². The second-order valence-corrected chi connectivity index (χ2v) is 7.64. The van der Waals surface area contributed by atoms with Gasteiger partial charge in [0.15, 0.2) is 0 Å². The zero-order chi connectivity index (χ0) is 19.5. The highest BCUT2D eigenvalue weighted by molar-refractivity contribution is 5.81. The molecule has 1 unspecified atom stereocenters. The minimum absolute atomic E-state index is 0.0457. The third kappa shape index (κ3) is 4.07. The van der Waals surface area contributed by atoms with Gasteiger partial charge in [-0.25, -0.2) is 4.39 Å². The molecule has 2 aliphatic heterocycles. The van der Waals surface area contributed by atoms with Gasteiger partial charge in [0.2, 0.25) is 5.91 Å². The Labute approximate surface area is 163 Å². The van der Waals surface area contributed by atoms with Gasteiger partial charge in [-0.15, -0.1) is 0 Å². The highest BCUT2D eigenvalue weighted by atomic mass is 19.1. The van der Waals surface area contributed by atoms with E-state index < -0.39 is 12.2 Å². The van der Waals surface area contributed by atoms with E-state index in [2.05, 4.69) is 27.3 Å². The lowest BCUT2D eigenvalue weighted by Gasteiger charge is -2.33. The van der Waals surface area contributed by atoms with Crippen molar-refractivity contribution in [2.24, 2.45) is 0 Å². The van der Waals surface area contributed by atoms with E-state index in [9.17, 15) is 9.18 Å². The molecule has 0 radical (unpaired) electrons. The standard InChI is InChI=1S/C21H24FN5O/c22-16-10-19(11-23)27(13-16)21(28)14-26-7-5-17(6-8-26)25-18-9-15-3-1-2-4-20(15)24-12-18/h1-4,9,12,16-17,19,25H,5-8,10,13-14H2/t16-,19?/m0/s1. The number of benzene rings is 1. The number of piperidine rings is 1. The second kappa shape index (κ2) is 8.11. The number of nitrogens with zero attached hydrogens (tertiary/aromatic N) is 4. The molecule has 3 heterocycles. The van der Waals surface area contributed by atoms with Gasteiger partial charge in [0.05, 0.1) is 36.6 Å². The SMILES string of the molecule is N#CC1C[C@H](F)CN1C(=O)CN1CCC(Nc2cnc3ccccc3c2)CC1.